The minimum Gasteiger partial charge on any atom is -0.370 e. The van der Waals surface area contributed by atoms with Crippen molar-refractivity contribution < 1.29 is 4.39 Å². The van der Waals surface area contributed by atoms with Gasteiger partial charge in [0.1, 0.15) is 5.82 Å². The average molecular weight is 327 g/mol. The maximum absolute atomic E-state index is 13.1. The van der Waals surface area contributed by atoms with Crippen molar-refractivity contribution in [2.75, 3.05) is 37.6 Å². The van der Waals surface area contributed by atoms with Crippen LogP contribution in [0.5, 0.6) is 0 Å². The summed E-state index contributed by atoms with van der Waals surface area (Å²) in [7, 11) is 0. The Balaban J connectivity index is 1.56. The molecule has 2 aromatic rings. The minimum atomic E-state index is -0.173. The van der Waals surface area contributed by atoms with E-state index < -0.39 is 0 Å². The van der Waals surface area contributed by atoms with E-state index in [0.29, 0.717) is 6.54 Å². The fraction of sp³-hybridized carbons (Fsp3) is 0.400. The monoisotopic (exact) mass is 327 g/mol. The van der Waals surface area contributed by atoms with Crippen LogP contribution in [0.1, 0.15) is 17.5 Å². The van der Waals surface area contributed by atoms with Crippen molar-refractivity contribution in [3.8, 4) is 0 Å². The third-order valence-electron chi connectivity index (χ3n) is 4.64. The van der Waals surface area contributed by atoms with Crippen LogP contribution in [-0.4, -0.2) is 37.6 Å². The van der Waals surface area contributed by atoms with Gasteiger partial charge in [0.25, 0.3) is 0 Å². The lowest BCUT2D eigenvalue weighted by Crippen LogP contribution is -2.30. The molecule has 2 aromatic carbocycles. The lowest BCUT2D eigenvalue weighted by Gasteiger charge is -2.23. The topological polar surface area (TPSA) is 32.5 Å². The largest absolute Gasteiger partial charge is 0.370 e. The summed E-state index contributed by atoms with van der Waals surface area (Å²) >= 11 is 0. The highest BCUT2D eigenvalue weighted by Gasteiger charge is 2.15. The molecule has 24 heavy (non-hydrogen) atoms. The summed E-state index contributed by atoms with van der Waals surface area (Å²) in [5.74, 6) is -0.173. The third-order valence-corrected chi connectivity index (χ3v) is 4.64. The molecule has 1 saturated heterocycles. The summed E-state index contributed by atoms with van der Waals surface area (Å²) in [6.07, 6.45) is 2.07. The maximum Gasteiger partial charge on any atom is 0.123 e. The fourth-order valence-corrected chi connectivity index (χ4v) is 3.28. The van der Waals surface area contributed by atoms with E-state index in [9.17, 15) is 4.39 Å². The molecular weight excluding hydrogens is 301 g/mol. The molecule has 1 fully saturated rings. The van der Waals surface area contributed by atoms with E-state index in [1.54, 1.807) is 12.1 Å². The zero-order chi connectivity index (χ0) is 16.8. The first kappa shape index (κ1) is 16.9. The number of benzene rings is 2. The predicted molar refractivity (Wildman–Crippen MR) is 97.7 cm³/mol. The number of rotatable bonds is 5. The van der Waals surface area contributed by atoms with Crippen LogP contribution < -0.4 is 10.6 Å². The van der Waals surface area contributed by atoms with Crippen molar-refractivity contribution in [2.45, 2.75) is 19.4 Å². The smallest absolute Gasteiger partial charge is 0.123 e. The van der Waals surface area contributed by atoms with Crippen LogP contribution in [0.2, 0.25) is 0 Å². The third kappa shape index (κ3) is 4.56. The lowest BCUT2D eigenvalue weighted by molar-refractivity contribution is 0.285. The summed E-state index contributed by atoms with van der Waals surface area (Å²) in [6.45, 7) is 5.82. The van der Waals surface area contributed by atoms with Crippen LogP contribution in [0.15, 0.2) is 48.5 Å². The quantitative estimate of drug-likeness (QED) is 0.916. The molecule has 2 N–H and O–H groups in total. The molecular formula is C20H26FN3. The molecule has 0 radical (unpaired) electrons. The Morgan fingerprint density at radius 3 is 2.25 bits per heavy atom. The summed E-state index contributed by atoms with van der Waals surface area (Å²) < 4.78 is 13.1. The van der Waals surface area contributed by atoms with E-state index in [2.05, 4.69) is 34.1 Å². The van der Waals surface area contributed by atoms with Crippen LogP contribution in [-0.2, 0) is 13.0 Å². The van der Waals surface area contributed by atoms with Gasteiger partial charge in [0.05, 0.1) is 0 Å². The van der Waals surface area contributed by atoms with Gasteiger partial charge >= 0.3 is 0 Å². The fourth-order valence-electron chi connectivity index (χ4n) is 3.28. The molecule has 0 atom stereocenters. The number of hydrogen-bond acceptors (Lipinski definition) is 3. The molecule has 4 heteroatoms. The molecule has 3 nitrogen and oxygen atoms in total. The first-order valence-corrected chi connectivity index (χ1v) is 8.75. The zero-order valence-electron chi connectivity index (χ0n) is 14.1. The van der Waals surface area contributed by atoms with Crippen molar-refractivity contribution in [3.05, 3.63) is 65.5 Å². The first-order chi connectivity index (χ1) is 11.7. The van der Waals surface area contributed by atoms with E-state index in [4.69, 9.17) is 5.73 Å². The van der Waals surface area contributed by atoms with E-state index in [0.717, 1.165) is 51.3 Å². The second kappa shape index (κ2) is 8.27. The van der Waals surface area contributed by atoms with Crippen molar-refractivity contribution >= 4 is 5.69 Å². The molecule has 0 amide bonds. The molecule has 1 heterocycles. The van der Waals surface area contributed by atoms with E-state index in [1.807, 2.05) is 12.1 Å². The molecule has 0 saturated carbocycles. The van der Waals surface area contributed by atoms with Crippen molar-refractivity contribution in [1.29, 1.82) is 0 Å². The Morgan fingerprint density at radius 1 is 0.833 bits per heavy atom. The van der Waals surface area contributed by atoms with Gasteiger partial charge in [-0.25, -0.2) is 4.39 Å². The van der Waals surface area contributed by atoms with Crippen LogP contribution in [0.25, 0.3) is 0 Å². The minimum absolute atomic E-state index is 0.173. The van der Waals surface area contributed by atoms with Gasteiger partial charge in [-0.2, -0.15) is 0 Å². The highest BCUT2D eigenvalue weighted by Crippen LogP contribution is 2.18. The average Bonchev–Trinajstić information content (AvgIpc) is 2.83. The summed E-state index contributed by atoms with van der Waals surface area (Å²) in [4.78, 5) is 4.85. The van der Waals surface area contributed by atoms with Crippen LogP contribution in [0, 0.1) is 5.82 Å². The first-order valence-electron chi connectivity index (χ1n) is 8.75. The van der Waals surface area contributed by atoms with Crippen LogP contribution in [0.4, 0.5) is 10.1 Å². The van der Waals surface area contributed by atoms with Gasteiger partial charge < -0.3 is 10.6 Å². The van der Waals surface area contributed by atoms with Gasteiger partial charge in [-0.3, -0.25) is 4.90 Å². The van der Waals surface area contributed by atoms with Crippen molar-refractivity contribution in [2.24, 2.45) is 5.73 Å². The number of nitrogens with zero attached hydrogens (tertiary/aromatic N) is 2. The van der Waals surface area contributed by atoms with Gasteiger partial charge in [0, 0.05) is 38.4 Å². The summed E-state index contributed by atoms with van der Waals surface area (Å²) in [5, 5.41) is 0. The molecule has 0 bridgehead atoms. The molecule has 0 aromatic heterocycles. The van der Waals surface area contributed by atoms with E-state index >= 15 is 0 Å². The maximum atomic E-state index is 13.1. The van der Waals surface area contributed by atoms with E-state index in [-0.39, 0.29) is 5.82 Å². The normalized spacial score (nSPS) is 16.2. The van der Waals surface area contributed by atoms with Crippen LogP contribution in [0.3, 0.4) is 0 Å². The van der Waals surface area contributed by atoms with Crippen molar-refractivity contribution in [1.82, 2.24) is 4.90 Å². The Kier molecular flexibility index (Phi) is 5.83. The van der Waals surface area contributed by atoms with Gasteiger partial charge in [-0.1, -0.05) is 24.3 Å². The number of hydrogen-bond donors (Lipinski definition) is 1. The molecule has 0 spiro atoms. The SMILES string of the molecule is NCCc1ccc(CN2CCCN(c3ccc(F)cc3)CC2)cc1. The second-order valence-corrected chi connectivity index (χ2v) is 6.45. The molecule has 1 aliphatic heterocycles. The van der Waals surface area contributed by atoms with Gasteiger partial charge in [0.15, 0.2) is 0 Å². The number of nitrogens with two attached hydrogens (primary N) is 1. The van der Waals surface area contributed by atoms with E-state index in [1.165, 1.54) is 11.1 Å². The highest BCUT2D eigenvalue weighted by molar-refractivity contribution is 5.46. The lowest BCUT2D eigenvalue weighted by atomic mass is 10.1. The number of anilines is 1. The standard InChI is InChI=1S/C20H26FN3/c21-19-6-8-20(9-7-19)24-13-1-12-23(14-15-24)16-18-4-2-17(3-5-18)10-11-22/h2-9H,1,10-16,22H2. The second-order valence-electron chi connectivity index (χ2n) is 6.45. The molecule has 0 aliphatic carbocycles. The Hall–Kier alpha value is -1.91. The molecule has 3 rings (SSSR count). The van der Waals surface area contributed by atoms with Gasteiger partial charge in [-0.15, -0.1) is 0 Å². The summed E-state index contributed by atoms with van der Waals surface area (Å²) in [5.41, 5.74) is 9.37. The van der Waals surface area contributed by atoms with Gasteiger partial charge in [-0.05, 0) is 54.8 Å². The zero-order valence-corrected chi connectivity index (χ0v) is 14.1. The summed E-state index contributed by atoms with van der Waals surface area (Å²) in [6, 6.07) is 15.6. The predicted octanol–water partition coefficient (Wildman–Crippen LogP) is 3.04. The van der Waals surface area contributed by atoms with Crippen LogP contribution >= 0.6 is 0 Å². The number of halogens is 1. The molecule has 1 aliphatic rings. The van der Waals surface area contributed by atoms with Gasteiger partial charge in [0.2, 0.25) is 0 Å². The highest BCUT2D eigenvalue weighted by atomic mass is 19.1. The molecule has 0 unspecified atom stereocenters. The Bertz CT molecular complexity index is 624. The Labute approximate surface area is 143 Å². The van der Waals surface area contributed by atoms with Crippen molar-refractivity contribution in [3.63, 3.8) is 0 Å². The Morgan fingerprint density at radius 2 is 1.54 bits per heavy atom. The molecule has 128 valence electrons.